The van der Waals surface area contributed by atoms with Crippen LogP contribution in [-0.4, -0.2) is 23.7 Å². The Kier molecular flexibility index (Phi) is 2.00. The van der Waals surface area contributed by atoms with Gasteiger partial charge in [0.05, 0.1) is 15.2 Å². The molecule has 1 aliphatic heterocycles. The molecular weight excluding hydrogens is 211 g/mol. The van der Waals surface area contributed by atoms with Crippen molar-refractivity contribution in [3.8, 4) is 0 Å². The minimum atomic E-state index is -1.06. The topological polar surface area (TPSA) is 24.9 Å². The fourth-order valence-corrected chi connectivity index (χ4v) is 2.88. The summed E-state index contributed by atoms with van der Waals surface area (Å²) >= 11 is 1.59. The van der Waals surface area contributed by atoms with E-state index in [0.29, 0.717) is 19.5 Å². The van der Waals surface area contributed by atoms with E-state index in [1.807, 2.05) is 24.3 Å². The van der Waals surface area contributed by atoms with Gasteiger partial charge in [-0.25, -0.2) is 9.37 Å². The van der Waals surface area contributed by atoms with Crippen LogP contribution in [0.3, 0.4) is 0 Å². The van der Waals surface area contributed by atoms with E-state index < -0.39 is 5.67 Å². The minimum Gasteiger partial charge on any atom is -0.310 e. The highest BCUT2D eigenvalue weighted by Crippen LogP contribution is 2.28. The molecule has 0 saturated carbocycles. The molecule has 1 saturated heterocycles. The molecule has 0 atom stereocenters. The summed E-state index contributed by atoms with van der Waals surface area (Å²) in [5.41, 5.74) is -0.0816. The number of alkyl halides is 1. The normalized spacial score (nSPS) is 19.0. The van der Waals surface area contributed by atoms with E-state index in [1.54, 1.807) is 11.3 Å². The van der Waals surface area contributed by atoms with Crippen LogP contribution < -0.4 is 5.32 Å². The van der Waals surface area contributed by atoms with Crippen molar-refractivity contribution in [1.29, 1.82) is 0 Å². The van der Waals surface area contributed by atoms with Gasteiger partial charge < -0.3 is 5.32 Å². The molecule has 1 fully saturated rings. The quantitative estimate of drug-likeness (QED) is 0.842. The molecule has 2 nitrogen and oxygen atoms in total. The van der Waals surface area contributed by atoms with Gasteiger partial charge in [-0.2, -0.15) is 0 Å². The Morgan fingerprint density at radius 2 is 2.20 bits per heavy atom. The molecule has 15 heavy (non-hydrogen) atoms. The Hall–Kier alpha value is -1.00. The third-order valence-corrected chi connectivity index (χ3v) is 3.73. The maximum atomic E-state index is 13.8. The van der Waals surface area contributed by atoms with Crippen molar-refractivity contribution in [3.05, 3.63) is 29.3 Å². The second-order valence-electron chi connectivity index (χ2n) is 4.01. The van der Waals surface area contributed by atoms with Crippen LogP contribution in [0.2, 0.25) is 0 Å². The van der Waals surface area contributed by atoms with E-state index in [9.17, 15) is 4.39 Å². The molecular formula is C11H11FN2S. The largest absolute Gasteiger partial charge is 0.310 e. The summed E-state index contributed by atoms with van der Waals surface area (Å²) in [5, 5.41) is 3.86. The van der Waals surface area contributed by atoms with Crippen LogP contribution in [-0.2, 0) is 6.42 Å². The van der Waals surface area contributed by atoms with Gasteiger partial charge in [-0.3, -0.25) is 0 Å². The van der Waals surface area contributed by atoms with Crippen molar-refractivity contribution in [1.82, 2.24) is 10.3 Å². The zero-order valence-corrected chi connectivity index (χ0v) is 8.98. The fraction of sp³-hybridized carbons (Fsp3) is 0.364. The van der Waals surface area contributed by atoms with Gasteiger partial charge in [0, 0.05) is 19.5 Å². The molecule has 4 heteroatoms. The van der Waals surface area contributed by atoms with E-state index in [4.69, 9.17) is 0 Å². The zero-order valence-electron chi connectivity index (χ0n) is 8.16. The number of thiazole rings is 1. The van der Waals surface area contributed by atoms with Crippen LogP contribution >= 0.6 is 11.3 Å². The maximum Gasteiger partial charge on any atom is 0.142 e. The van der Waals surface area contributed by atoms with Gasteiger partial charge in [0.15, 0.2) is 0 Å². The number of halogens is 1. The first-order chi connectivity index (χ1) is 7.25. The molecule has 1 N–H and O–H groups in total. The highest BCUT2D eigenvalue weighted by molar-refractivity contribution is 7.18. The Labute approximate surface area is 91.1 Å². The third-order valence-electron chi connectivity index (χ3n) is 2.69. The van der Waals surface area contributed by atoms with Gasteiger partial charge in [0.2, 0.25) is 0 Å². The molecule has 1 aromatic heterocycles. The molecule has 1 aliphatic rings. The highest BCUT2D eigenvalue weighted by Gasteiger charge is 2.37. The second kappa shape index (κ2) is 3.25. The lowest BCUT2D eigenvalue weighted by Gasteiger charge is -2.34. The predicted molar refractivity (Wildman–Crippen MR) is 60.0 cm³/mol. The number of rotatable bonds is 2. The first kappa shape index (κ1) is 9.24. The van der Waals surface area contributed by atoms with Crippen LogP contribution in [0.5, 0.6) is 0 Å². The lowest BCUT2D eigenvalue weighted by Crippen LogP contribution is -2.57. The maximum absolute atomic E-state index is 13.8. The number of nitrogens with zero attached hydrogens (tertiary/aromatic N) is 1. The van der Waals surface area contributed by atoms with Crippen molar-refractivity contribution < 1.29 is 4.39 Å². The number of fused-ring (bicyclic) bond motifs is 1. The number of aromatic nitrogens is 1. The molecule has 1 aromatic carbocycles. The lowest BCUT2D eigenvalue weighted by molar-refractivity contribution is 0.0912. The molecule has 0 bridgehead atoms. The Morgan fingerprint density at radius 3 is 2.87 bits per heavy atom. The van der Waals surface area contributed by atoms with Gasteiger partial charge in [0.1, 0.15) is 5.67 Å². The summed E-state index contributed by atoms with van der Waals surface area (Å²) < 4.78 is 15.0. The van der Waals surface area contributed by atoms with E-state index >= 15 is 0 Å². The van der Waals surface area contributed by atoms with Gasteiger partial charge in [-0.15, -0.1) is 11.3 Å². The van der Waals surface area contributed by atoms with Crippen LogP contribution in [0, 0.1) is 0 Å². The van der Waals surface area contributed by atoms with Crippen molar-refractivity contribution in [2.24, 2.45) is 0 Å². The monoisotopic (exact) mass is 222 g/mol. The molecule has 78 valence electrons. The molecule has 0 radical (unpaired) electrons. The van der Waals surface area contributed by atoms with Crippen LogP contribution in [0.1, 0.15) is 5.01 Å². The molecule has 0 unspecified atom stereocenters. The Morgan fingerprint density at radius 1 is 1.40 bits per heavy atom. The van der Waals surface area contributed by atoms with Crippen LogP contribution in [0.4, 0.5) is 4.39 Å². The number of hydrogen-bond acceptors (Lipinski definition) is 3. The lowest BCUT2D eigenvalue weighted by atomic mass is 9.96. The Balaban J connectivity index is 1.91. The van der Waals surface area contributed by atoms with Crippen molar-refractivity contribution in [2.45, 2.75) is 12.1 Å². The van der Waals surface area contributed by atoms with Gasteiger partial charge in [0.25, 0.3) is 0 Å². The first-order valence-corrected chi connectivity index (χ1v) is 5.81. The molecule has 3 rings (SSSR count). The SMILES string of the molecule is FC1(Cc2nc3ccccc3s2)CNC1. The van der Waals surface area contributed by atoms with Crippen molar-refractivity contribution >= 4 is 21.6 Å². The van der Waals surface area contributed by atoms with Crippen molar-refractivity contribution in [3.63, 3.8) is 0 Å². The van der Waals surface area contributed by atoms with E-state index in [-0.39, 0.29) is 0 Å². The average molecular weight is 222 g/mol. The number of para-hydroxylation sites is 1. The number of hydrogen-bond donors (Lipinski definition) is 1. The van der Waals surface area contributed by atoms with Crippen molar-refractivity contribution in [2.75, 3.05) is 13.1 Å². The average Bonchev–Trinajstić information content (AvgIpc) is 2.57. The number of benzene rings is 1. The highest BCUT2D eigenvalue weighted by atomic mass is 32.1. The summed E-state index contributed by atoms with van der Waals surface area (Å²) in [6, 6.07) is 7.95. The zero-order chi connectivity index (χ0) is 10.3. The first-order valence-electron chi connectivity index (χ1n) is 4.99. The van der Waals surface area contributed by atoms with E-state index in [2.05, 4.69) is 10.3 Å². The predicted octanol–water partition coefficient (Wildman–Crippen LogP) is 2.15. The summed E-state index contributed by atoms with van der Waals surface area (Å²) in [7, 11) is 0. The molecule has 2 aromatic rings. The summed E-state index contributed by atoms with van der Waals surface area (Å²) in [6.07, 6.45) is 0.444. The molecule has 0 amide bonds. The standard InChI is InChI=1S/C11H11FN2S/c12-11(6-13-7-11)5-10-14-8-3-1-2-4-9(8)15-10/h1-4,13H,5-7H2. The van der Waals surface area contributed by atoms with Gasteiger partial charge in [-0.05, 0) is 12.1 Å². The molecule has 2 heterocycles. The fourth-order valence-electron chi connectivity index (χ4n) is 1.79. The minimum absolute atomic E-state index is 0.444. The second-order valence-corrected chi connectivity index (χ2v) is 5.12. The smallest absolute Gasteiger partial charge is 0.142 e. The Bertz CT molecular complexity index is 457. The number of nitrogens with one attached hydrogen (secondary N) is 1. The van der Waals surface area contributed by atoms with Crippen LogP contribution in [0.15, 0.2) is 24.3 Å². The van der Waals surface area contributed by atoms with Gasteiger partial charge >= 0.3 is 0 Å². The van der Waals surface area contributed by atoms with Crippen LogP contribution in [0.25, 0.3) is 10.2 Å². The molecule has 0 spiro atoms. The third kappa shape index (κ3) is 1.64. The van der Waals surface area contributed by atoms with Gasteiger partial charge in [-0.1, -0.05) is 12.1 Å². The summed E-state index contributed by atoms with van der Waals surface area (Å²) in [5.74, 6) is 0. The van der Waals surface area contributed by atoms with E-state index in [0.717, 1.165) is 15.2 Å². The molecule has 0 aliphatic carbocycles. The van der Waals surface area contributed by atoms with E-state index in [1.165, 1.54) is 0 Å². The summed E-state index contributed by atoms with van der Waals surface area (Å²) in [4.78, 5) is 4.43. The summed E-state index contributed by atoms with van der Waals surface area (Å²) in [6.45, 7) is 0.922.